The van der Waals surface area contributed by atoms with E-state index >= 15 is 0 Å². The molecule has 1 atom stereocenters. The molecule has 1 aliphatic rings. The highest BCUT2D eigenvalue weighted by atomic mass is 19.1. The van der Waals surface area contributed by atoms with Crippen LogP contribution >= 0.6 is 0 Å². The highest BCUT2D eigenvalue weighted by Crippen LogP contribution is 2.34. The summed E-state index contributed by atoms with van der Waals surface area (Å²) in [5.41, 5.74) is 4.78. The number of benzene rings is 3. The molecule has 1 aliphatic heterocycles. The molecule has 3 aromatic carbocycles. The Morgan fingerprint density at radius 2 is 1.71 bits per heavy atom. The summed E-state index contributed by atoms with van der Waals surface area (Å²) in [4.78, 5) is 7.22. The van der Waals surface area contributed by atoms with E-state index in [9.17, 15) is 4.39 Å². The average Bonchev–Trinajstić information content (AvgIpc) is 3.23. The van der Waals surface area contributed by atoms with Crippen LogP contribution in [-0.4, -0.2) is 27.1 Å². The van der Waals surface area contributed by atoms with Gasteiger partial charge in [0, 0.05) is 30.0 Å². The molecule has 0 aliphatic carbocycles. The van der Waals surface area contributed by atoms with Crippen LogP contribution in [0.5, 0.6) is 5.75 Å². The lowest BCUT2D eigenvalue weighted by Crippen LogP contribution is -2.37. The summed E-state index contributed by atoms with van der Waals surface area (Å²) in [6, 6.07) is 24.6. The molecule has 178 valence electrons. The summed E-state index contributed by atoms with van der Waals surface area (Å²) in [7, 11) is 0. The summed E-state index contributed by atoms with van der Waals surface area (Å²) in [5, 5.41) is 3.56. The lowest BCUT2D eigenvalue weighted by molar-refractivity contribution is 0.178. The van der Waals surface area contributed by atoms with Crippen LogP contribution in [0, 0.1) is 12.7 Å². The molecule has 0 amide bonds. The van der Waals surface area contributed by atoms with E-state index in [0.29, 0.717) is 6.54 Å². The molecule has 2 heterocycles. The number of hydrogen-bond donors (Lipinski definition) is 1. The van der Waals surface area contributed by atoms with Gasteiger partial charge in [-0.05, 0) is 62.4 Å². The second-order valence-electron chi connectivity index (χ2n) is 8.86. The molecule has 5 nitrogen and oxygen atoms in total. The number of nitrogens with zero attached hydrogens (tertiary/aromatic N) is 3. The highest BCUT2D eigenvalue weighted by Gasteiger charge is 2.27. The van der Waals surface area contributed by atoms with Gasteiger partial charge in [0.15, 0.2) is 0 Å². The average molecular weight is 469 g/mol. The van der Waals surface area contributed by atoms with Crippen LogP contribution in [0.25, 0.3) is 11.3 Å². The Morgan fingerprint density at radius 1 is 1.00 bits per heavy atom. The van der Waals surface area contributed by atoms with Gasteiger partial charge in [-0.1, -0.05) is 42.5 Å². The molecule has 1 N–H and O–H groups in total. The molecule has 0 fully saturated rings. The number of anilines is 2. The fourth-order valence-corrected chi connectivity index (χ4v) is 4.31. The number of nitrogens with one attached hydrogen (secondary N) is 1. The van der Waals surface area contributed by atoms with Crippen molar-refractivity contribution >= 4 is 11.5 Å². The Morgan fingerprint density at radius 3 is 2.43 bits per heavy atom. The normalized spacial score (nSPS) is 13.7. The fourth-order valence-electron chi connectivity index (χ4n) is 4.31. The predicted molar refractivity (Wildman–Crippen MR) is 138 cm³/mol. The molecular weight excluding hydrogens is 439 g/mol. The lowest BCUT2D eigenvalue weighted by atomic mass is 10.1. The topological polar surface area (TPSA) is 42.3 Å². The Labute approximate surface area is 205 Å². The monoisotopic (exact) mass is 468 g/mol. The van der Waals surface area contributed by atoms with Crippen molar-refractivity contribution in [2.24, 2.45) is 0 Å². The zero-order valence-corrected chi connectivity index (χ0v) is 20.0. The minimum absolute atomic E-state index is 0.166. The quantitative estimate of drug-likeness (QED) is 0.335. The SMILES string of the molecule is C=C(C(C)Oc1ccccc1)N1CCn2c(nc(-c3ccc(F)cc3)c2Nc2ccc(C)cc2)C1. The van der Waals surface area contributed by atoms with Crippen molar-refractivity contribution in [1.82, 2.24) is 14.5 Å². The largest absolute Gasteiger partial charge is 0.485 e. The first kappa shape index (κ1) is 22.7. The van der Waals surface area contributed by atoms with Crippen molar-refractivity contribution in [3.63, 3.8) is 0 Å². The molecule has 4 aromatic rings. The standard InChI is InChI=1S/C29H29FN4O/c1-20-9-15-25(16-10-20)31-29-28(23-11-13-24(30)14-12-23)32-27-19-33(17-18-34(27)29)21(2)22(3)35-26-7-5-4-6-8-26/h4-16,22,31H,2,17-19H2,1,3H3. The number of imidazole rings is 1. The second kappa shape index (κ2) is 9.66. The third-order valence-corrected chi connectivity index (χ3v) is 6.34. The Hall–Kier alpha value is -4.06. The molecule has 0 saturated heterocycles. The van der Waals surface area contributed by atoms with E-state index in [1.807, 2.05) is 37.3 Å². The van der Waals surface area contributed by atoms with Gasteiger partial charge in [0.05, 0.1) is 6.54 Å². The van der Waals surface area contributed by atoms with Crippen LogP contribution in [0.3, 0.4) is 0 Å². The minimum atomic E-state index is -0.263. The maximum Gasteiger partial charge on any atom is 0.138 e. The molecular formula is C29H29FN4O. The van der Waals surface area contributed by atoms with Gasteiger partial charge in [-0.3, -0.25) is 0 Å². The zero-order valence-electron chi connectivity index (χ0n) is 20.0. The molecule has 1 unspecified atom stereocenters. The van der Waals surface area contributed by atoms with Gasteiger partial charge in [0.2, 0.25) is 0 Å². The molecule has 1 aromatic heterocycles. The van der Waals surface area contributed by atoms with E-state index < -0.39 is 0 Å². The zero-order chi connectivity index (χ0) is 24.4. The summed E-state index contributed by atoms with van der Waals surface area (Å²) < 4.78 is 21.9. The summed E-state index contributed by atoms with van der Waals surface area (Å²) in [6.07, 6.45) is -0.166. The highest BCUT2D eigenvalue weighted by molar-refractivity contribution is 5.76. The maximum atomic E-state index is 13.6. The third-order valence-electron chi connectivity index (χ3n) is 6.34. The Bertz CT molecular complexity index is 1310. The molecule has 0 bridgehead atoms. The molecule has 35 heavy (non-hydrogen) atoms. The van der Waals surface area contributed by atoms with Crippen LogP contribution in [-0.2, 0) is 13.1 Å². The third kappa shape index (κ3) is 4.92. The molecule has 0 radical (unpaired) electrons. The van der Waals surface area contributed by atoms with Gasteiger partial charge in [-0.25, -0.2) is 9.37 Å². The molecule has 6 heteroatoms. The predicted octanol–water partition coefficient (Wildman–Crippen LogP) is 6.54. The van der Waals surface area contributed by atoms with Crippen LogP contribution in [0.2, 0.25) is 0 Å². The van der Waals surface area contributed by atoms with E-state index in [1.54, 1.807) is 12.1 Å². The van der Waals surface area contributed by atoms with E-state index in [1.165, 1.54) is 17.7 Å². The molecule has 0 saturated carbocycles. The minimum Gasteiger partial charge on any atom is -0.485 e. The number of para-hydroxylation sites is 1. The first-order valence-corrected chi connectivity index (χ1v) is 11.8. The molecule has 5 rings (SSSR count). The molecule has 0 spiro atoms. The van der Waals surface area contributed by atoms with Gasteiger partial charge in [0.25, 0.3) is 0 Å². The number of hydrogen-bond acceptors (Lipinski definition) is 4. The first-order chi connectivity index (χ1) is 17.0. The van der Waals surface area contributed by atoms with E-state index in [4.69, 9.17) is 9.72 Å². The van der Waals surface area contributed by atoms with Crippen LogP contribution in [0.1, 0.15) is 18.3 Å². The number of aryl methyl sites for hydroxylation is 1. The van der Waals surface area contributed by atoms with Gasteiger partial charge in [-0.2, -0.15) is 0 Å². The number of rotatable bonds is 7. The summed E-state index contributed by atoms with van der Waals surface area (Å²) in [5.74, 6) is 2.40. The lowest BCUT2D eigenvalue weighted by Gasteiger charge is -2.34. The Balaban J connectivity index is 1.42. The van der Waals surface area contributed by atoms with Crippen LogP contribution < -0.4 is 10.1 Å². The second-order valence-corrected chi connectivity index (χ2v) is 8.86. The van der Waals surface area contributed by atoms with Crippen molar-refractivity contribution in [2.75, 3.05) is 11.9 Å². The smallest absolute Gasteiger partial charge is 0.138 e. The van der Waals surface area contributed by atoms with Gasteiger partial charge in [-0.15, -0.1) is 0 Å². The van der Waals surface area contributed by atoms with Crippen molar-refractivity contribution in [3.05, 3.63) is 108 Å². The summed E-state index contributed by atoms with van der Waals surface area (Å²) >= 11 is 0. The first-order valence-electron chi connectivity index (χ1n) is 11.8. The Kier molecular flexibility index (Phi) is 6.27. The number of fused-ring (bicyclic) bond motifs is 1. The fraction of sp³-hybridized carbons (Fsp3) is 0.207. The van der Waals surface area contributed by atoms with E-state index in [0.717, 1.165) is 53.1 Å². The number of ether oxygens (including phenoxy) is 1. The van der Waals surface area contributed by atoms with E-state index in [-0.39, 0.29) is 11.9 Å². The van der Waals surface area contributed by atoms with Crippen molar-refractivity contribution in [3.8, 4) is 17.0 Å². The van der Waals surface area contributed by atoms with Crippen molar-refractivity contribution < 1.29 is 9.13 Å². The number of aromatic nitrogens is 2. The van der Waals surface area contributed by atoms with Gasteiger partial charge >= 0.3 is 0 Å². The van der Waals surface area contributed by atoms with E-state index in [2.05, 4.69) is 52.6 Å². The maximum absolute atomic E-state index is 13.6. The van der Waals surface area contributed by atoms with Crippen LogP contribution in [0.15, 0.2) is 91.1 Å². The number of halogens is 1. The van der Waals surface area contributed by atoms with Gasteiger partial charge in [0.1, 0.15) is 35.0 Å². The summed E-state index contributed by atoms with van der Waals surface area (Å²) in [6.45, 7) is 10.6. The van der Waals surface area contributed by atoms with Crippen LogP contribution in [0.4, 0.5) is 15.9 Å². The van der Waals surface area contributed by atoms with Crippen molar-refractivity contribution in [1.29, 1.82) is 0 Å². The van der Waals surface area contributed by atoms with Crippen molar-refractivity contribution in [2.45, 2.75) is 33.0 Å². The van der Waals surface area contributed by atoms with Gasteiger partial charge < -0.3 is 19.5 Å².